The van der Waals surface area contributed by atoms with Crippen molar-refractivity contribution < 1.29 is 19.4 Å². The number of rotatable bonds is 9. The van der Waals surface area contributed by atoms with Crippen LogP contribution in [0, 0.1) is 0 Å². The number of carbonyl (C=O) groups excluding carboxylic acids is 2. The summed E-state index contributed by atoms with van der Waals surface area (Å²) in [6, 6.07) is 15.1. The number of aliphatic hydroxyl groups is 1. The highest BCUT2D eigenvalue weighted by Gasteiger charge is 2.35. The molecule has 1 aliphatic heterocycles. The third-order valence-electron chi connectivity index (χ3n) is 6.53. The number of aryl methyl sites for hydroxylation is 1. The number of aliphatic hydroxyl groups excluding tert-OH is 1. The van der Waals surface area contributed by atoms with Crippen LogP contribution in [-0.2, 0) is 6.54 Å². The van der Waals surface area contributed by atoms with Gasteiger partial charge in [0.05, 0.1) is 23.3 Å². The second-order valence-electron chi connectivity index (χ2n) is 9.24. The maximum atomic E-state index is 13.1. The van der Waals surface area contributed by atoms with E-state index in [1.165, 1.54) is 0 Å². The van der Waals surface area contributed by atoms with Gasteiger partial charge in [0.2, 0.25) is 0 Å². The number of carbonyl (C=O) groups is 2. The Labute approximate surface area is 214 Å². The van der Waals surface area contributed by atoms with Crippen LogP contribution in [0.25, 0.3) is 32.9 Å². The molecule has 0 saturated carbocycles. The number of fused-ring (bicyclic) bond motifs is 5. The normalized spacial score (nSPS) is 13.1. The van der Waals surface area contributed by atoms with Crippen molar-refractivity contribution in [1.82, 2.24) is 14.8 Å². The minimum Gasteiger partial charge on any atom is -0.494 e. The molecule has 0 aliphatic carbocycles. The number of nitrogens with one attached hydrogen (secondary N) is 1. The van der Waals surface area contributed by atoms with Crippen LogP contribution in [0.1, 0.15) is 33.6 Å². The van der Waals surface area contributed by atoms with Gasteiger partial charge < -0.3 is 19.3 Å². The molecule has 1 aliphatic rings. The van der Waals surface area contributed by atoms with Crippen LogP contribution in [0.3, 0.4) is 0 Å². The van der Waals surface area contributed by atoms with Crippen molar-refractivity contribution in [2.75, 3.05) is 33.9 Å². The van der Waals surface area contributed by atoms with Crippen LogP contribution < -0.4 is 10.1 Å². The molecule has 0 spiro atoms. The van der Waals surface area contributed by atoms with Crippen molar-refractivity contribution in [2.45, 2.75) is 19.4 Å². The van der Waals surface area contributed by atoms with Gasteiger partial charge in [0.25, 0.3) is 11.8 Å². The predicted molar refractivity (Wildman–Crippen MR) is 142 cm³/mol. The average Bonchev–Trinajstić information content (AvgIpc) is 3.33. The lowest BCUT2D eigenvalue weighted by molar-refractivity contribution is 0.0880. The Balaban J connectivity index is 1.75. The van der Waals surface area contributed by atoms with Gasteiger partial charge in [-0.25, -0.2) is 0 Å². The highest BCUT2D eigenvalue weighted by molar-refractivity contribution is 6.36. The van der Waals surface area contributed by atoms with E-state index in [4.69, 9.17) is 16.3 Å². The van der Waals surface area contributed by atoms with E-state index in [9.17, 15) is 14.7 Å². The smallest absolute Gasteiger partial charge is 0.259 e. The number of amides is 2. The Bertz CT molecular complexity index is 1490. The summed E-state index contributed by atoms with van der Waals surface area (Å²) in [5, 5.41) is 14.1. The quantitative estimate of drug-likeness (QED) is 0.254. The molecule has 0 bridgehead atoms. The molecule has 7 nitrogen and oxygen atoms in total. The average molecular weight is 506 g/mol. The zero-order valence-corrected chi connectivity index (χ0v) is 21.1. The molecule has 186 valence electrons. The van der Waals surface area contributed by atoms with Crippen LogP contribution in [0.5, 0.6) is 5.75 Å². The lowest BCUT2D eigenvalue weighted by Gasteiger charge is -2.12. The van der Waals surface area contributed by atoms with E-state index in [-0.39, 0.29) is 6.61 Å². The van der Waals surface area contributed by atoms with Gasteiger partial charge in [0.1, 0.15) is 5.75 Å². The summed E-state index contributed by atoms with van der Waals surface area (Å²) in [7, 11) is 4.05. The van der Waals surface area contributed by atoms with Gasteiger partial charge >= 0.3 is 0 Å². The monoisotopic (exact) mass is 505 g/mol. The molecule has 0 saturated heterocycles. The second-order valence-corrected chi connectivity index (χ2v) is 9.65. The zero-order chi connectivity index (χ0) is 25.4. The maximum absolute atomic E-state index is 13.1. The van der Waals surface area contributed by atoms with E-state index in [1.807, 2.05) is 56.6 Å². The Morgan fingerprint density at radius 1 is 0.972 bits per heavy atom. The molecule has 4 aromatic rings. The van der Waals surface area contributed by atoms with Crippen LogP contribution in [0.2, 0.25) is 5.02 Å². The van der Waals surface area contributed by atoms with Gasteiger partial charge in [0, 0.05) is 46.6 Å². The van der Waals surface area contributed by atoms with E-state index in [0.717, 1.165) is 29.4 Å². The molecular weight excluding hydrogens is 478 g/mol. The van der Waals surface area contributed by atoms with E-state index < -0.39 is 11.8 Å². The molecular formula is C28H28ClN3O4. The standard InChI is InChI=1S/C28H28ClN3O4/c1-31(2)11-6-14-36-17-9-10-22-20(15-17)24-23(32(22)12-5-13-33)16-19(18-7-3-4-8-21(18)29)25-26(24)28(35)30-27(25)34/h3-4,7-10,15-16,33H,5-6,11-14H2,1-2H3,(H,30,34,35). The molecule has 2 N–H and O–H groups in total. The summed E-state index contributed by atoms with van der Waals surface area (Å²) >= 11 is 6.52. The fraction of sp³-hybridized carbons (Fsp3) is 0.286. The lowest BCUT2D eigenvalue weighted by atomic mass is 9.93. The first-order chi connectivity index (χ1) is 17.4. The number of halogens is 1. The number of ether oxygens (including phenoxy) is 1. The first kappa shape index (κ1) is 24.3. The molecule has 3 aromatic carbocycles. The van der Waals surface area contributed by atoms with Gasteiger partial charge in [-0.2, -0.15) is 0 Å². The van der Waals surface area contributed by atoms with Crippen LogP contribution in [-0.4, -0.2) is 60.2 Å². The number of nitrogens with zero attached hydrogens (tertiary/aromatic N) is 2. The minimum atomic E-state index is -0.431. The van der Waals surface area contributed by atoms with Gasteiger partial charge in [-0.05, 0) is 62.8 Å². The summed E-state index contributed by atoms with van der Waals surface area (Å²) < 4.78 is 8.11. The summed E-state index contributed by atoms with van der Waals surface area (Å²) in [5.74, 6) is -0.150. The number of hydrogen-bond acceptors (Lipinski definition) is 5. The Morgan fingerprint density at radius 3 is 2.50 bits per heavy atom. The van der Waals surface area contributed by atoms with Crippen molar-refractivity contribution in [3.05, 3.63) is 64.7 Å². The van der Waals surface area contributed by atoms with E-state index in [0.29, 0.717) is 58.0 Å². The first-order valence-corrected chi connectivity index (χ1v) is 12.4. The van der Waals surface area contributed by atoms with Crippen molar-refractivity contribution in [1.29, 1.82) is 0 Å². The van der Waals surface area contributed by atoms with Crippen molar-refractivity contribution in [3.63, 3.8) is 0 Å². The molecule has 0 atom stereocenters. The highest BCUT2D eigenvalue weighted by Crippen LogP contribution is 2.42. The molecule has 8 heteroatoms. The fourth-order valence-corrected chi connectivity index (χ4v) is 5.19. The number of hydrogen-bond donors (Lipinski definition) is 2. The topological polar surface area (TPSA) is 83.8 Å². The molecule has 0 radical (unpaired) electrons. The van der Waals surface area contributed by atoms with Crippen molar-refractivity contribution in [3.8, 4) is 16.9 Å². The summed E-state index contributed by atoms with van der Waals surface area (Å²) in [5.41, 5.74) is 3.70. The second kappa shape index (κ2) is 9.93. The summed E-state index contributed by atoms with van der Waals surface area (Å²) in [6.07, 6.45) is 1.43. The number of imide groups is 1. The van der Waals surface area contributed by atoms with Crippen molar-refractivity contribution >= 4 is 45.2 Å². The molecule has 2 heterocycles. The predicted octanol–water partition coefficient (Wildman–Crippen LogP) is 4.71. The number of aromatic nitrogens is 1. The molecule has 2 amide bonds. The van der Waals surface area contributed by atoms with Crippen LogP contribution >= 0.6 is 11.6 Å². The third-order valence-corrected chi connectivity index (χ3v) is 6.86. The Hall–Kier alpha value is -3.39. The summed E-state index contributed by atoms with van der Waals surface area (Å²) in [6.45, 7) is 2.08. The maximum Gasteiger partial charge on any atom is 0.259 e. The largest absolute Gasteiger partial charge is 0.494 e. The highest BCUT2D eigenvalue weighted by atomic mass is 35.5. The molecule has 0 unspecified atom stereocenters. The third kappa shape index (κ3) is 4.23. The molecule has 1 aromatic heterocycles. The summed E-state index contributed by atoms with van der Waals surface area (Å²) in [4.78, 5) is 28.2. The first-order valence-electron chi connectivity index (χ1n) is 12.0. The molecule has 0 fully saturated rings. The molecule has 5 rings (SSSR count). The van der Waals surface area contributed by atoms with E-state index in [2.05, 4.69) is 14.8 Å². The zero-order valence-electron chi connectivity index (χ0n) is 20.3. The Kier molecular flexibility index (Phi) is 6.71. The van der Waals surface area contributed by atoms with Gasteiger partial charge in [-0.1, -0.05) is 29.8 Å². The number of benzene rings is 3. The van der Waals surface area contributed by atoms with E-state index in [1.54, 1.807) is 6.07 Å². The molecule has 36 heavy (non-hydrogen) atoms. The van der Waals surface area contributed by atoms with Gasteiger partial charge in [0.15, 0.2) is 0 Å². The SMILES string of the molecule is CN(C)CCCOc1ccc2c(c1)c1c3c(c(-c4ccccc4Cl)cc1n2CCCO)C(=O)NC3=O. The fourth-order valence-electron chi connectivity index (χ4n) is 4.95. The lowest BCUT2D eigenvalue weighted by Crippen LogP contribution is -2.20. The van der Waals surface area contributed by atoms with Crippen LogP contribution in [0.4, 0.5) is 0 Å². The van der Waals surface area contributed by atoms with Gasteiger partial charge in [-0.15, -0.1) is 0 Å². The minimum absolute atomic E-state index is 0.0372. The van der Waals surface area contributed by atoms with Crippen molar-refractivity contribution in [2.24, 2.45) is 0 Å². The van der Waals surface area contributed by atoms with E-state index >= 15 is 0 Å². The van der Waals surface area contributed by atoms with Gasteiger partial charge in [-0.3, -0.25) is 14.9 Å². The Morgan fingerprint density at radius 2 is 1.75 bits per heavy atom. The van der Waals surface area contributed by atoms with Crippen LogP contribution in [0.15, 0.2) is 48.5 Å².